The summed E-state index contributed by atoms with van der Waals surface area (Å²) in [5.41, 5.74) is 2.67. The van der Waals surface area contributed by atoms with E-state index in [0.29, 0.717) is 11.4 Å². The summed E-state index contributed by atoms with van der Waals surface area (Å²) in [6.07, 6.45) is 3.82. The first-order valence-electron chi connectivity index (χ1n) is 6.62. The second kappa shape index (κ2) is 7.62. The van der Waals surface area contributed by atoms with Crippen LogP contribution in [0.15, 0.2) is 54.6 Å². The molecule has 2 aromatic rings. The molecule has 4 heteroatoms. The summed E-state index contributed by atoms with van der Waals surface area (Å²) in [6.45, 7) is 0.121. The van der Waals surface area contributed by atoms with Gasteiger partial charge in [0.1, 0.15) is 0 Å². The maximum Gasteiger partial charge on any atom is 0.248 e. The molecule has 0 aliphatic rings. The Morgan fingerprint density at radius 1 is 1.10 bits per heavy atom. The van der Waals surface area contributed by atoms with Gasteiger partial charge < -0.3 is 10.4 Å². The van der Waals surface area contributed by atoms with Gasteiger partial charge >= 0.3 is 0 Å². The number of aliphatic hydroxyl groups excluding tert-OH is 1. The highest BCUT2D eigenvalue weighted by Gasteiger charge is 1.98. The molecule has 2 aromatic carbocycles. The second-order valence-electron chi connectivity index (χ2n) is 4.54. The number of aliphatic hydroxyl groups is 1. The van der Waals surface area contributed by atoms with E-state index >= 15 is 0 Å². The van der Waals surface area contributed by atoms with Gasteiger partial charge in [-0.1, -0.05) is 35.9 Å². The van der Waals surface area contributed by atoms with Crippen molar-refractivity contribution in [3.05, 3.63) is 70.8 Å². The molecule has 0 radical (unpaired) electrons. The highest BCUT2D eigenvalue weighted by molar-refractivity contribution is 6.30. The fourth-order valence-electron chi connectivity index (χ4n) is 1.81. The third-order valence-corrected chi connectivity index (χ3v) is 3.17. The number of nitrogens with one attached hydrogen (secondary N) is 1. The van der Waals surface area contributed by atoms with Crippen LogP contribution >= 0.6 is 11.6 Å². The van der Waals surface area contributed by atoms with Gasteiger partial charge in [-0.2, -0.15) is 0 Å². The molecular weight excluding hydrogens is 286 g/mol. The van der Waals surface area contributed by atoms with Crippen LogP contribution in [0.25, 0.3) is 6.08 Å². The maximum absolute atomic E-state index is 11.8. The molecule has 0 fully saturated rings. The smallest absolute Gasteiger partial charge is 0.248 e. The normalized spacial score (nSPS) is 10.8. The fraction of sp³-hybridized carbons (Fsp3) is 0.118. The average Bonchev–Trinajstić information content (AvgIpc) is 2.49. The van der Waals surface area contributed by atoms with E-state index in [0.717, 1.165) is 16.8 Å². The van der Waals surface area contributed by atoms with Gasteiger partial charge in [-0.25, -0.2) is 0 Å². The van der Waals surface area contributed by atoms with Gasteiger partial charge in [0, 0.05) is 23.4 Å². The molecule has 0 aliphatic heterocycles. The van der Waals surface area contributed by atoms with Gasteiger partial charge in [0.2, 0.25) is 5.91 Å². The summed E-state index contributed by atoms with van der Waals surface area (Å²) >= 11 is 5.80. The minimum absolute atomic E-state index is 0.121. The number of carbonyl (C=O) groups excluding carboxylic acids is 1. The number of rotatable bonds is 5. The predicted molar refractivity (Wildman–Crippen MR) is 86.3 cm³/mol. The van der Waals surface area contributed by atoms with Crippen molar-refractivity contribution in [3.8, 4) is 0 Å². The molecular formula is C17H16ClNO2. The topological polar surface area (TPSA) is 49.3 Å². The zero-order chi connectivity index (χ0) is 15.1. The molecule has 2 rings (SSSR count). The molecule has 3 nitrogen and oxygen atoms in total. The van der Waals surface area contributed by atoms with E-state index in [9.17, 15) is 4.79 Å². The number of amides is 1. The minimum Gasteiger partial charge on any atom is -0.396 e. The summed E-state index contributed by atoms with van der Waals surface area (Å²) in [7, 11) is 0. The quantitative estimate of drug-likeness (QED) is 0.830. The van der Waals surface area contributed by atoms with Gasteiger partial charge in [-0.05, 0) is 47.9 Å². The Hall–Kier alpha value is -2.10. The van der Waals surface area contributed by atoms with E-state index in [1.807, 2.05) is 36.4 Å². The molecule has 0 saturated heterocycles. The van der Waals surface area contributed by atoms with Gasteiger partial charge in [0.25, 0.3) is 0 Å². The summed E-state index contributed by atoms with van der Waals surface area (Å²) in [4.78, 5) is 11.8. The highest BCUT2D eigenvalue weighted by Crippen LogP contribution is 2.12. The number of carbonyl (C=O) groups is 1. The second-order valence-corrected chi connectivity index (χ2v) is 4.98. The molecule has 108 valence electrons. The first-order chi connectivity index (χ1) is 10.2. The Balaban J connectivity index is 1.93. The molecule has 0 aromatic heterocycles. The minimum atomic E-state index is -0.195. The Kier molecular flexibility index (Phi) is 5.55. The average molecular weight is 302 g/mol. The Labute approximate surface area is 128 Å². The highest BCUT2D eigenvalue weighted by atomic mass is 35.5. The molecule has 2 N–H and O–H groups in total. The van der Waals surface area contributed by atoms with Crippen molar-refractivity contribution in [2.45, 2.75) is 6.42 Å². The van der Waals surface area contributed by atoms with E-state index in [2.05, 4.69) is 5.32 Å². The first kappa shape index (κ1) is 15.3. The van der Waals surface area contributed by atoms with Crippen molar-refractivity contribution in [1.29, 1.82) is 0 Å². The van der Waals surface area contributed by atoms with Crippen molar-refractivity contribution in [1.82, 2.24) is 0 Å². The van der Waals surface area contributed by atoms with Gasteiger partial charge in [-0.3, -0.25) is 4.79 Å². The van der Waals surface area contributed by atoms with Crippen molar-refractivity contribution < 1.29 is 9.90 Å². The Bertz CT molecular complexity index is 618. The lowest BCUT2D eigenvalue weighted by Crippen LogP contribution is -2.07. The molecule has 0 unspecified atom stereocenters. The molecule has 1 amide bonds. The molecule has 21 heavy (non-hydrogen) atoms. The van der Waals surface area contributed by atoms with Crippen LogP contribution in [0.3, 0.4) is 0 Å². The number of anilines is 1. The van der Waals surface area contributed by atoms with E-state index in [1.54, 1.807) is 18.2 Å². The van der Waals surface area contributed by atoms with E-state index in [1.165, 1.54) is 6.08 Å². The lowest BCUT2D eigenvalue weighted by Gasteiger charge is -2.03. The molecule has 0 bridgehead atoms. The third kappa shape index (κ3) is 5.06. The SMILES string of the molecule is O=C(/C=C/c1ccc(Cl)cc1)Nc1ccc(CCO)cc1. The van der Waals surface area contributed by atoms with Crippen LogP contribution in [-0.4, -0.2) is 17.6 Å². The summed E-state index contributed by atoms with van der Waals surface area (Å²) in [5.74, 6) is -0.195. The predicted octanol–water partition coefficient (Wildman–Crippen LogP) is 3.53. The van der Waals surface area contributed by atoms with Crippen molar-refractivity contribution in [2.24, 2.45) is 0 Å². The number of halogens is 1. The van der Waals surface area contributed by atoms with Crippen LogP contribution in [0.1, 0.15) is 11.1 Å². The van der Waals surface area contributed by atoms with Gasteiger partial charge in [0.15, 0.2) is 0 Å². The van der Waals surface area contributed by atoms with Crippen LogP contribution < -0.4 is 5.32 Å². The van der Waals surface area contributed by atoms with E-state index in [4.69, 9.17) is 16.7 Å². The molecule has 0 heterocycles. The van der Waals surface area contributed by atoms with Gasteiger partial charge in [0.05, 0.1) is 0 Å². The van der Waals surface area contributed by atoms with Gasteiger partial charge in [-0.15, -0.1) is 0 Å². The van der Waals surface area contributed by atoms with E-state index < -0.39 is 0 Å². The van der Waals surface area contributed by atoms with Crippen molar-refractivity contribution >= 4 is 29.3 Å². The molecule has 0 spiro atoms. The summed E-state index contributed by atoms with van der Waals surface area (Å²) in [5, 5.41) is 12.3. The first-order valence-corrected chi connectivity index (χ1v) is 6.99. The lowest BCUT2D eigenvalue weighted by molar-refractivity contribution is -0.111. The van der Waals surface area contributed by atoms with Crippen LogP contribution in [0, 0.1) is 0 Å². The zero-order valence-electron chi connectivity index (χ0n) is 11.4. The number of hydrogen-bond donors (Lipinski definition) is 2. The van der Waals surface area contributed by atoms with Crippen molar-refractivity contribution in [3.63, 3.8) is 0 Å². The largest absolute Gasteiger partial charge is 0.396 e. The summed E-state index contributed by atoms with van der Waals surface area (Å²) < 4.78 is 0. The van der Waals surface area contributed by atoms with Crippen LogP contribution in [-0.2, 0) is 11.2 Å². The third-order valence-electron chi connectivity index (χ3n) is 2.92. The maximum atomic E-state index is 11.8. The monoisotopic (exact) mass is 301 g/mol. The molecule has 0 saturated carbocycles. The van der Waals surface area contributed by atoms with Crippen LogP contribution in [0.2, 0.25) is 5.02 Å². The summed E-state index contributed by atoms with van der Waals surface area (Å²) in [6, 6.07) is 14.6. The standard InChI is InChI=1S/C17H16ClNO2/c18-15-6-1-13(2-7-15)5-10-17(21)19-16-8-3-14(4-9-16)11-12-20/h1-10,20H,11-12H2,(H,19,21)/b10-5+. The molecule has 0 atom stereocenters. The fourth-order valence-corrected chi connectivity index (χ4v) is 1.94. The zero-order valence-corrected chi connectivity index (χ0v) is 12.2. The van der Waals surface area contributed by atoms with Crippen molar-refractivity contribution in [2.75, 3.05) is 11.9 Å². The Morgan fingerprint density at radius 3 is 2.38 bits per heavy atom. The number of hydrogen-bond acceptors (Lipinski definition) is 2. The lowest BCUT2D eigenvalue weighted by atomic mass is 10.1. The molecule has 0 aliphatic carbocycles. The Morgan fingerprint density at radius 2 is 1.76 bits per heavy atom. The number of benzene rings is 2. The van der Waals surface area contributed by atoms with Crippen LogP contribution in [0.4, 0.5) is 5.69 Å². The van der Waals surface area contributed by atoms with E-state index in [-0.39, 0.29) is 12.5 Å². The van der Waals surface area contributed by atoms with Crippen LogP contribution in [0.5, 0.6) is 0 Å².